The van der Waals surface area contributed by atoms with E-state index in [2.05, 4.69) is 5.92 Å². The van der Waals surface area contributed by atoms with Crippen molar-refractivity contribution in [3.05, 3.63) is 40.2 Å². The van der Waals surface area contributed by atoms with Crippen LogP contribution in [0.25, 0.3) is 0 Å². The van der Waals surface area contributed by atoms with Crippen LogP contribution >= 0.6 is 0 Å². The number of primary amides is 1. The van der Waals surface area contributed by atoms with E-state index in [1.807, 2.05) is 0 Å². The van der Waals surface area contributed by atoms with E-state index in [1.54, 1.807) is 6.92 Å². The summed E-state index contributed by atoms with van der Waals surface area (Å²) in [6.07, 6.45) is 1.99. The minimum absolute atomic E-state index is 0.190. The number of aromatic hydroxyl groups is 1. The number of phenolic OH excluding ortho intramolecular Hbond substituents is 1. The Kier molecular flexibility index (Phi) is 4.52. The van der Waals surface area contributed by atoms with E-state index in [0.29, 0.717) is 11.1 Å². The van der Waals surface area contributed by atoms with Crippen LogP contribution in [-0.2, 0) is 9.59 Å². The summed E-state index contributed by atoms with van der Waals surface area (Å²) in [5.41, 5.74) is 2.38. The van der Waals surface area contributed by atoms with Gasteiger partial charge in [-0.25, -0.2) is 0 Å². The molecule has 1 saturated carbocycles. The standard InChI is InChI=1S/C22H21NO8/c1-3-8-4-5-10(24)14-12(8)7(2)13-16(18(14)27)20(29)22(31)9(17(13)26)6-11(25)15(19(22)28)21(23)30/h1,4-5,7,9,11,13,15,17,24-26,29,31H,6H2,2H3,(H2,23,30)/t7-,9+,11?,13+,15?,17+,22+/m0/s1. The lowest BCUT2D eigenvalue weighted by Gasteiger charge is -2.52. The van der Waals surface area contributed by atoms with Crippen LogP contribution in [-0.4, -0.2) is 60.8 Å². The third kappa shape index (κ3) is 2.47. The minimum atomic E-state index is -2.80. The number of amides is 1. The summed E-state index contributed by atoms with van der Waals surface area (Å²) in [5, 5.41) is 54.0. The molecule has 0 spiro atoms. The van der Waals surface area contributed by atoms with Gasteiger partial charge in [0.1, 0.15) is 17.4 Å². The van der Waals surface area contributed by atoms with Gasteiger partial charge in [-0.2, -0.15) is 0 Å². The quantitative estimate of drug-likeness (QED) is 0.250. The van der Waals surface area contributed by atoms with E-state index < -0.39 is 82.5 Å². The van der Waals surface area contributed by atoms with E-state index >= 15 is 0 Å². The summed E-state index contributed by atoms with van der Waals surface area (Å²) >= 11 is 0. The highest BCUT2D eigenvalue weighted by Gasteiger charge is 2.66. The first-order chi connectivity index (χ1) is 14.5. The fourth-order valence-corrected chi connectivity index (χ4v) is 5.51. The van der Waals surface area contributed by atoms with Crippen LogP contribution in [0.3, 0.4) is 0 Å². The smallest absolute Gasteiger partial charge is 0.230 e. The first-order valence-electron chi connectivity index (χ1n) is 9.71. The molecule has 3 aliphatic carbocycles. The van der Waals surface area contributed by atoms with Crippen molar-refractivity contribution in [2.75, 3.05) is 0 Å². The Balaban J connectivity index is 2.01. The molecule has 3 aliphatic rings. The van der Waals surface area contributed by atoms with Gasteiger partial charge in [0.2, 0.25) is 5.91 Å². The van der Waals surface area contributed by atoms with Crippen molar-refractivity contribution < 1.29 is 39.9 Å². The maximum atomic E-state index is 13.3. The number of fused-ring (bicyclic) bond motifs is 3. The van der Waals surface area contributed by atoms with Gasteiger partial charge in [-0.15, -0.1) is 6.42 Å². The fraction of sp³-hybridized carbons (Fsp3) is 0.409. The van der Waals surface area contributed by atoms with E-state index in [0.717, 1.165) is 0 Å². The number of hydrogen-bond donors (Lipinski definition) is 6. The largest absolute Gasteiger partial charge is 0.508 e. The molecular weight excluding hydrogens is 406 g/mol. The van der Waals surface area contributed by atoms with Crippen LogP contribution in [0.15, 0.2) is 23.5 Å². The van der Waals surface area contributed by atoms with Crippen molar-refractivity contribution in [3.63, 3.8) is 0 Å². The van der Waals surface area contributed by atoms with E-state index in [9.17, 15) is 39.9 Å². The number of terminal acetylenes is 1. The molecule has 2 unspecified atom stereocenters. The van der Waals surface area contributed by atoms with Gasteiger partial charge < -0.3 is 31.3 Å². The van der Waals surface area contributed by atoms with Crippen LogP contribution < -0.4 is 5.73 Å². The molecule has 0 heterocycles. The molecule has 162 valence electrons. The number of aliphatic hydroxyl groups is 4. The fourth-order valence-electron chi connectivity index (χ4n) is 5.51. The van der Waals surface area contributed by atoms with Crippen molar-refractivity contribution in [1.82, 2.24) is 0 Å². The normalized spacial score (nSPS) is 36.9. The maximum absolute atomic E-state index is 13.3. The first-order valence-corrected chi connectivity index (χ1v) is 9.71. The second kappa shape index (κ2) is 6.65. The number of carbonyl (C=O) groups excluding carboxylic acids is 3. The number of carbonyl (C=O) groups is 3. The zero-order valence-electron chi connectivity index (χ0n) is 16.4. The predicted octanol–water partition coefficient (Wildman–Crippen LogP) is -0.741. The summed E-state index contributed by atoms with van der Waals surface area (Å²) in [7, 11) is 0. The van der Waals surface area contributed by atoms with E-state index in [-0.39, 0.29) is 5.56 Å². The molecule has 0 bridgehead atoms. The SMILES string of the molecule is C#Cc1ccc(O)c2c1[C@H](C)[C@@H]1C(=C(O)[C@]3(O)C(=O)C(C(N)=O)C(O)C[C@@H]3[C@H]1O)C2=O. The number of phenols is 1. The molecular formula is C22H21NO8. The topological polar surface area (TPSA) is 178 Å². The van der Waals surface area contributed by atoms with E-state index in [4.69, 9.17) is 12.2 Å². The summed E-state index contributed by atoms with van der Waals surface area (Å²) in [6, 6.07) is 2.67. The number of rotatable bonds is 1. The molecule has 9 nitrogen and oxygen atoms in total. The lowest BCUT2D eigenvalue weighted by atomic mass is 9.54. The minimum Gasteiger partial charge on any atom is -0.508 e. The van der Waals surface area contributed by atoms with Gasteiger partial charge in [0.15, 0.2) is 17.2 Å². The number of nitrogens with two attached hydrogens (primary N) is 1. The van der Waals surface area contributed by atoms with Crippen LogP contribution in [0.2, 0.25) is 0 Å². The average Bonchev–Trinajstić information content (AvgIpc) is 2.70. The molecule has 0 aliphatic heterocycles. The molecule has 0 radical (unpaired) electrons. The van der Waals surface area contributed by atoms with Crippen LogP contribution in [0.1, 0.15) is 40.7 Å². The van der Waals surface area contributed by atoms with E-state index in [1.165, 1.54) is 12.1 Å². The first kappa shape index (κ1) is 21.1. The number of benzene rings is 1. The Hall–Kier alpha value is -3.19. The predicted molar refractivity (Wildman–Crippen MR) is 105 cm³/mol. The summed E-state index contributed by atoms with van der Waals surface area (Å²) in [5.74, 6) is -7.37. The lowest BCUT2D eigenvalue weighted by molar-refractivity contribution is -0.179. The zero-order chi connectivity index (χ0) is 23.0. The van der Waals surface area contributed by atoms with Gasteiger partial charge in [0.25, 0.3) is 0 Å². The van der Waals surface area contributed by atoms with Gasteiger partial charge >= 0.3 is 0 Å². The number of hydrogen-bond acceptors (Lipinski definition) is 8. The Labute approximate surface area is 176 Å². The Morgan fingerprint density at radius 2 is 1.90 bits per heavy atom. The van der Waals surface area contributed by atoms with Gasteiger partial charge in [0, 0.05) is 23.0 Å². The highest BCUT2D eigenvalue weighted by molar-refractivity contribution is 6.16. The molecule has 1 fully saturated rings. The molecule has 1 aromatic rings. The van der Waals surface area contributed by atoms with Crippen LogP contribution in [0.5, 0.6) is 5.75 Å². The summed E-state index contributed by atoms with van der Waals surface area (Å²) < 4.78 is 0. The lowest BCUT2D eigenvalue weighted by Crippen LogP contribution is -2.67. The van der Waals surface area contributed by atoms with Crippen LogP contribution in [0.4, 0.5) is 0 Å². The highest BCUT2D eigenvalue weighted by Crippen LogP contribution is 2.55. The maximum Gasteiger partial charge on any atom is 0.230 e. The Morgan fingerprint density at radius 1 is 1.26 bits per heavy atom. The third-order valence-electron chi connectivity index (χ3n) is 6.96. The average molecular weight is 427 g/mol. The Bertz CT molecular complexity index is 1120. The van der Waals surface area contributed by atoms with Crippen molar-refractivity contribution in [2.45, 2.75) is 37.1 Å². The molecule has 1 aromatic carbocycles. The van der Waals surface area contributed by atoms with Gasteiger partial charge in [-0.05, 0) is 30.0 Å². The van der Waals surface area contributed by atoms with Crippen LogP contribution in [0, 0.1) is 30.1 Å². The molecule has 9 heteroatoms. The zero-order valence-corrected chi connectivity index (χ0v) is 16.4. The molecule has 1 amide bonds. The summed E-state index contributed by atoms with van der Waals surface area (Å²) in [4.78, 5) is 38.0. The van der Waals surface area contributed by atoms with Crippen molar-refractivity contribution >= 4 is 17.5 Å². The number of ketones is 2. The summed E-state index contributed by atoms with van der Waals surface area (Å²) in [6.45, 7) is 1.63. The highest BCUT2D eigenvalue weighted by atomic mass is 16.4. The van der Waals surface area contributed by atoms with Crippen molar-refractivity contribution in [3.8, 4) is 18.1 Å². The molecule has 0 saturated heterocycles. The van der Waals surface area contributed by atoms with Crippen molar-refractivity contribution in [2.24, 2.45) is 23.5 Å². The van der Waals surface area contributed by atoms with Gasteiger partial charge in [0.05, 0.1) is 17.8 Å². The Morgan fingerprint density at radius 3 is 2.48 bits per heavy atom. The van der Waals surface area contributed by atoms with Gasteiger partial charge in [-0.3, -0.25) is 14.4 Å². The molecule has 0 aromatic heterocycles. The molecule has 4 rings (SSSR count). The second-order valence-corrected chi connectivity index (χ2v) is 8.38. The second-order valence-electron chi connectivity index (χ2n) is 8.38. The number of Topliss-reactive ketones (excluding diaryl/α,β-unsaturated/α-hetero) is 2. The number of aliphatic hydroxyl groups excluding tert-OH is 3. The molecule has 31 heavy (non-hydrogen) atoms. The monoisotopic (exact) mass is 427 g/mol. The molecule has 7 N–H and O–H groups in total. The van der Waals surface area contributed by atoms with Gasteiger partial charge in [-0.1, -0.05) is 12.8 Å². The third-order valence-corrected chi connectivity index (χ3v) is 6.96. The van der Waals surface area contributed by atoms with Crippen molar-refractivity contribution in [1.29, 1.82) is 0 Å². The molecule has 7 atom stereocenters.